The monoisotopic (exact) mass is 253 g/mol. The highest BCUT2D eigenvalue weighted by atomic mass is 16.2. The third kappa shape index (κ3) is 2.50. The number of para-hydroxylation sites is 1. The van der Waals surface area contributed by atoms with E-state index in [0.29, 0.717) is 11.3 Å². The first-order chi connectivity index (χ1) is 9.13. The van der Waals surface area contributed by atoms with E-state index in [4.69, 9.17) is 11.0 Å². The SMILES string of the molecule is CN(C(=O)c1cnc(N)cn1)c1ccccc1C#N. The zero-order valence-corrected chi connectivity index (χ0v) is 10.2. The number of nitrogens with two attached hydrogens (primary N) is 1. The van der Waals surface area contributed by atoms with E-state index in [0.717, 1.165) is 0 Å². The number of carbonyl (C=O) groups excluding carboxylic acids is 1. The summed E-state index contributed by atoms with van der Waals surface area (Å²) in [6.07, 6.45) is 2.63. The minimum absolute atomic E-state index is 0.171. The molecule has 2 aromatic rings. The molecule has 94 valence electrons. The Morgan fingerprint density at radius 3 is 2.68 bits per heavy atom. The van der Waals surface area contributed by atoms with E-state index in [2.05, 4.69) is 9.97 Å². The molecule has 0 aliphatic heterocycles. The third-order valence-electron chi connectivity index (χ3n) is 2.58. The van der Waals surface area contributed by atoms with Gasteiger partial charge < -0.3 is 10.6 Å². The molecule has 0 atom stereocenters. The molecule has 0 aliphatic carbocycles. The third-order valence-corrected chi connectivity index (χ3v) is 2.58. The van der Waals surface area contributed by atoms with Crippen LogP contribution in [0, 0.1) is 11.3 Å². The Morgan fingerprint density at radius 2 is 2.05 bits per heavy atom. The Hall–Kier alpha value is -2.94. The smallest absolute Gasteiger partial charge is 0.278 e. The molecule has 19 heavy (non-hydrogen) atoms. The van der Waals surface area contributed by atoms with Crippen LogP contribution in [0.25, 0.3) is 0 Å². The molecule has 1 amide bonds. The molecule has 0 saturated heterocycles. The topological polar surface area (TPSA) is 95.9 Å². The Bertz CT molecular complexity index is 645. The van der Waals surface area contributed by atoms with Gasteiger partial charge in [-0.25, -0.2) is 9.97 Å². The minimum Gasteiger partial charge on any atom is -0.382 e. The molecule has 0 radical (unpaired) electrons. The number of anilines is 2. The fourth-order valence-corrected chi connectivity index (χ4v) is 1.59. The van der Waals surface area contributed by atoms with E-state index < -0.39 is 0 Å². The number of hydrogen-bond donors (Lipinski definition) is 1. The van der Waals surface area contributed by atoms with Crippen molar-refractivity contribution >= 4 is 17.4 Å². The second-order valence-electron chi connectivity index (χ2n) is 3.82. The highest BCUT2D eigenvalue weighted by Crippen LogP contribution is 2.19. The summed E-state index contributed by atoms with van der Waals surface area (Å²) in [5.74, 6) is -0.105. The van der Waals surface area contributed by atoms with Gasteiger partial charge in [0, 0.05) is 7.05 Å². The molecule has 2 rings (SSSR count). The fraction of sp³-hybridized carbons (Fsp3) is 0.0769. The first kappa shape index (κ1) is 12.5. The van der Waals surface area contributed by atoms with Crippen LogP contribution in [-0.4, -0.2) is 22.9 Å². The molecule has 0 unspecified atom stereocenters. The van der Waals surface area contributed by atoms with Gasteiger partial charge in [-0.1, -0.05) is 12.1 Å². The lowest BCUT2D eigenvalue weighted by Crippen LogP contribution is -2.28. The minimum atomic E-state index is -0.352. The standard InChI is InChI=1S/C13H11N5O/c1-18(11-5-3-2-4-9(11)6-14)13(19)10-7-17-12(15)8-16-10/h2-5,7-8H,1H3,(H2,15,17). The van der Waals surface area contributed by atoms with E-state index in [-0.39, 0.29) is 17.4 Å². The van der Waals surface area contributed by atoms with Gasteiger partial charge >= 0.3 is 0 Å². The van der Waals surface area contributed by atoms with E-state index in [1.54, 1.807) is 31.3 Å². The van der Waals surface area contributed by atoms with Gasteiger partial charge in [0.1, 0.15) is 17.6 Å². The number of nitrogen functional groups attached to an aromatic ring is 1. The van der Waals surface area contributed by atoms with Gasteiger partial charge in [0.15, 0.2) is 0 Å². The summed E-state index contributed by atoms with van der Waals surface area (Å²) in [6, 6.07) is 8.88. The first-order valence-corrected chi connectivity index (χ1v) is 5.48. The maximum Gasteiger partial charge on any atom is 0.278 e. The van der Waals surface area contributed by atoms with Gasteiger partial charge in [0.25, 0.3) is 5.91 Å². The second kappa shape index (κ2) is 5.14. The van der Waals surface area contributed by atoms with Crippen LogP contribution in [0.3, 0.4) is 0 Å². The van der Waals surface area contributed by atoms with Gasteiger partial charge in [-0.2, -0.15) is 5.26 Å². The zero-order chi connectivity index (χ0) is 13.8. The van der Waals surface area contributed by atoms with Gasteiger partial charge in [0.05, 0.1) is 23.6 Å². The van der Waals surface area contributed by atoms with E-state index in [1.807, 2.05) is 6.07 Å². The molecule has 0 aliphatic rings. The lowest BCUT2D eigenvalue weighted by atomic mass is 10.2. The summed E-state index contributed by atoms with van der Waals surface area (Å²) < 4.78 is 0. The molecule has 6 nitrogen and oxygen atoms in total. The van der Waals surface area contributed by atoms with E-state index >= 15 is 0 Å². The van der Waals surface area contributed by atoms with Crippen LogP contribution in [0.5, 0.6) is 0 Å². The van der Waals surface area contributed by atoms with Crippen LogP contribution in [0.2, 0.25) is 0 Å². The molecule has 1 heterocycles. The maximum atomic E-state index is 12.2. The van der Waals surface area contributed by atoms with Crippen molar-refractivity contribution in [2.75, 3.05) is 17.7 Å². The van der Waals surface area contributed by atoms with Crippen molar-refractivity contribution in [3.63, 3.8) is 0 Å². The largest absolute Gasteiger partial charge is 0.382 e. The van der Waals surface area contributed by atoms with Crippen molar-refractivity contribution in [1.29, 1.82) is 5.26 Å². The van der Waals surface area contributed by atoms with Crippen LogP contribution >= 0.6 is 0 Å². The molecule has 0 bridgehead atoms. The van der Waals surface area contributed by atoms with Crippen LogP contribution in [0.1, 0.15) is 16.1 Å². The highest BCUT2D eigenvalue weighted by Gasteiger charge is 2.17. The normalized spacial score (nSPS) is 9.68. The van der Waals surface area contributed by atoms with Crippen molar-refractivity contribution in [2.45, 2.75) is 0 Å². The summed E-state index contributed by atoms with van der Waals surface area (Å²) in [5.41, 5.74) is 6.53. The number of benzene rings is 1. The Kier molecular flexibility index (Phi) is 3.39. The fourth-order valence-electron chi connectivity index (χ4n) is 1.59. The number of aromatic nitrogens is 2. The molecule has 0 saturated carbocycles. The van der Waals surface area contributed by atoms with Crippen LogP contribution < -0.4 is 10.6 Å². The predicted molar refractivity (Wildman–Crippen MR) is 70.3 cm³/mol. The molecular weight excluding hydrogens is 242 g/mol. The average Bonchev–Trinajstić information content (AvgIpc) is 2.46. The quantitative estimate of drug-likeness (QED) is 0.867. The van der Waals surface area contributed by atoms with Gasteiger partial charge in [0.2, 0.25) is 0 Å². The van der Waals surface area contributed by atoms with Crippen LogP contribution in [-0.2, 0) is 0 Å². The zero-order valence-electron chi connectivity index (χ0n) is 10.2. The summed E-state index contributed by atoms with van der Waals surface area (Å²) in [6.45, 7) is 0. The number of carbonyl (C=O) groups is 1. The number of hydrogen-bond acceptors (Lipinski definition) is 5. The summed E-state index contributed by atoms with van der Waals surface area (Å²) in [7, 11) is 1.58. The van der Waals surface area contributed by atoms with Crippen molar-refractivity contribution in [3.8, 4) is 6.07 Å². The van der Waals surface area contributed by atoms with Gasteiger partial charge in [-0.15, -0.1) is 0 Å². The van der Waals surface area contributed by atoms with Crippen molar-refractivity contribution in [1.82, 2.24) is 9.97 Å². The lowest BCUT2D eigenvalue weighted by molar-refractivity contribution is 0.0988. The van der Waals surface area contributed by atoms with Gasteiger partial charge in [-0.3, -0.25) is 4.79 Å². The molecule has 2 N–H and O–H groups in total. The summed E-state index contributed by atoms with van der Waals surface area (Å²) in [4.78, 5) is 21.3. The Morgan fingerprint density at radius 1 is 1.32 bits per heavy atom. The molecule has 1 aromatic heterocycles. The Balaban J connectivity index is 2.34. The average molecular weight is 253 g/mol. The number of nitrogens with zero attached hydrogens (tertiary/aromatic N) is 4. The highest BCUT2D eigenvalue weighted by molar-refractivity contribution is 6.04. The second-order valence-corrected chi connectivity index (χ2v) is 3.82. The predicted octanol–water partition coefficient (Wildman–Crippen LogP) is 1.21. The molecular formula is C13H11N5O. The van der Waals surface area contributed by atoms with Crippen LogP contribution in [0.4, 0.5) is 11.5 Å². The van der Waals surface area contributed by atoms with Gasteiger partial charge in [-0.05, 0) is 12.1 Å². The molecule has 0 spiro atoms. The first-order valence-electron chi connectivity index (χ1n) is 5.48. The summed E-state index contributed by atoms with van der Waals surface area (Å²) >= 11 is 0. The van der Waals surface area contributed by atoms with Crippen molar-refractivity contribution < 1.29 is 4.79 Å². The number of nitriles is 1. The molecule has 1 aromatic carbocycles. The molecule has 6 heteroatoms. The molecule has 0 fully saturated rings. The van der Waals surface area contributed by atoms with E-state index in [1.165, 1.54) is 17.3 Å². The Labute approximate surface area is 110 Å². The number of amides is 1. The number of rotatable bonds is 2. The van der Waals surface area contributed by atoms with Crippen molar-refractivity contribution in [2.24, 2.45) is 0 Å². The maximum absolute atomic E-state index is 12.2. The van der Waals surface area contributed by atoms with Crippen molar-refractivity contribution in [3.05, 3.63) is 47.9 Å². The summed E-state index contributed by atoms with van der Waals surface area (Å²) in [5, 5.41) is 9.02. The van der Waals surface area contributed by atoms with Crippen LogP contribution in [0.15, 0.2) is 36.7 Å². The lowest BCUT2D eigenvalue weighted by Gasteiger charge is -2.17. The van der Waals surface area contributed by atoms with E-state index in [9.17, 15) is 4.79 Å².